The average Bonchev–Trinajstić information content (AvgIpc) is 2.28. The Bertz CT molecular complexity index is 407. The zero-order chi connectivity index (χ0) is 13.8. The molecular weight excluding hydrogens is 224 g/mol. The number of carbonyl (C=O) groups is 1. The maximum Gasteiger partial charge on any atom is 0.224 e. The van der Waals surface area contributed by atoms with Gasteiger partial charge in [0.25, 0.3) is 0 Å². The molecule has 1 aromatic rings. The molecule has 3 nitrogen and oxygen atoms in total. The lowest BCUT2D eigenvalue weighted by Crippen LogP contribution is -2.24. The number of nitrogens with one attached hydrogen (secondary N) is 1. The van der Waals surface area contributed by atoms with E-state index in [0.29, 0.717) is 18.9 Å². The van der Waals surface area contributed by atoms with Gasteiger partial charge in [0.05, 0.1) is 0 Å². The highest BCUT2D eigenvalue weighted by Crippen LogP contribution is 2.28. The van der Waals surface area contributed by atoms with E-state index in [1.807, 2.05) is 24.3 Å². The molecule has 0 aliphatic carbocycles. The second-order valence-corrected chi connectivity index (χ2v) is 5.88. The Labute approximate surface area is 110 Å². The largest absolute Gasteiger partial charge is 0.326 e. The Hall–Kier alpha value is -1.35. The van der Waals surface area contributed by atoms with Crippen LogP contribution in [0, 0.1) is 11.3 Å². The van der Waals surface area contributed by atoms with Crippen LogP contribution in [0.1, 0.15) is 39.7 Å². The van der Waals surface area contributed by atoms with Crippen molar-refractivity contribution in [1.82, 2.24) is 0 Å². The lowest BCUT2D eigenvalue weighted by atomic mass is 9.80. The number of hydrogen-bond acceptors (Lipinski definition) is 2. The predicted molar refractivity (Wildman–Crippen MR) is 76.2 cm³/mol. The van der Waals surface area contributed by atoms with Crippen LogP contribution in [-0.2, 0) is 11.3 Å². The van der Waals surface area contributed by atoms with Gasteiger partial charge in [0.2, 0.25) is 5.91 Å². The summed E-state index contributed by atoms with van der Waals surface area (Å²) in [6.45, 7) is 9.00. The molecule has 1 unspecified atom stereocenters. The van der Waals surface area contributed by atoms with E-state index in [1.54, 1.807) is 0 Å². The van der Waals surface area contributed by atoms with Gasteiger partial charge in [0.15, 0.2) is 0 Å². The summed E-state index contributed by atoms with van der Waals surface area (Å²) in [6, 6.07) is 7.65. The van der Waals surface area contributed by atoms with Gasteiger partial charge in [-0.05, 0) is 23.0 Å². The van der Waals surface area contributed by atoms with Gasteiger partial charge in [-0.25, -0.2) is 0 Å². The molecule has 1 amide bonds. The topological polar surface area (TPSA) is 55.1 Å². The molecule has 1 aromatic carbocycles. The molecule has 0 aromatic heterocycles. The Morgan fingerprint density at radius 2 is 1.94 bits per heavy atom. The van der Waals surface area contributed by atoms with Crippen LogP contribution < -0.4 is 11.1 Å². The van der Waals surface area contributed by atoms with Crippen LogP contribution in [0.3, 0.4) is 0 Å². The molecule has 1 rings (SSSR count). The first-order valence-electron chi connectivity index (χ1n) is 6.42. The fourth-order valence-corrected chi connectivity index (χ4v) is 1.61. The van der Waals surface area contributed by atoms with Crippen molar-refractivity contribution in [3.05, 3.63) is 29.8 Å². The lowest BCUT2D eigenvalue weighted by Gasteiger charge is -2.26. The van der Waals surface area contributed by atoms with Crippen molar-refractivity contribution in [3.63, 3.8) is 0 Å². The number of nitrogens with two attached hydrogens (primary N) is 1. The second-order valence-electron chi connectivity index (χ2n) is 5.88. The lowest BCUT2D eigenvalue weighted by molar-refractivity contribution is -0.117. The maximum atomic E-state index is 12.0. The van der Waals surface area contributed by atoms with Gasteiger partial charge < -0.3 is 11.1 Å². The van der Waals surface area contributed by atoms with Gasteiger partial charge in [-0.15, -0.1) is 0 Å². The van der Waals surface area contributed by atoms with Gasteiger partial charge in [0.1, 0.15) is 0 Å². The van der Waals surface area contributed by atoms with E-state index in [9.17, 15) is 4.79 Å². The number of para-hydroxylation sites is 1. The van der Waals surface area contributed by atoms with Crippen molar-refractivity contribution in [1.29, 1.82) is 0 Å². The number of carbonyl (C=O) groups excluding carboxylic acids is 1. The van der Waals surface area contributed by atoms with Crippen LogP contribution in [-0.4, -0.2) is 5.91 Å². The average molecular weight is 248 g/mol. The first-order valence-corrected chi connectivity index (χ1v) is 6.42. The normalized spacial score (nSPS) is 13.2. The van der Waals surface area contributed by atoms with Crippen molar-refractivity contribution in [3.8, 4) is 0 Å². The number of benzene rings is 1. The molecule has 0 fully saturated rings. The van der Waals surface area contributed by atoms with Gasteiger partial charge in [-0.2, -0.15) is 0 Å². The highest BCUT2D eigenvalue weighted by atomic mass is 16.1. The minimum absolute atomic E-state index is 0.0540. The minimum Gasteiger partial charge on any atom is -0.326 e. The SMILES string of the molecule is CC(CC(=O)Nc1ccccc1CN)C(C)(C)C. The summed E-state index contributed by atoms with van der Waals surface area (Å²) in [4.78, 5) is 12.0. The first-order chi connectivity index (χ1) is 8.34. The van der Waals surface area contributed by atoms with Crippen LogP contribution in [0.2, 0.25) is 0 Å². The number of anilines is 1. The fourth-order valence-electron chi connectivity index (χ4n) is 1.61. The molecule has 3 N–H and O–H groups in total. The summed E-state index contributed by atoms with van der Waals surface area (Å²) in [6.07, 6.45) is 0.530. The van der Waals surface area contributed by atoms with Crippen molar-refractivity contribution >= 4 is 11.6 Å². The van der Waals surface area contributed by atoms with E-state index < -0.39 is 0 Å². The van der Waals surface area contributed by atoms with Crippen LogP contribution in [0.15, 0.2) is 24.3 Å². The fraction of sp³-hybridized carbons (Fsp3) is 0.533. The van der Waals surface area contributed by atoms with E-state index in [2.05, 4.69) is 33.0 Å². The zero-order valence-electron chi connectivity index (χ0n) is 11.8. The van der Waals surface area contributed by atoms with Crippen molar-refractivity contribution in [2.45, 2.75) is 40.7 Å². The Morgan fingerprint density at radius 3 is 2.50 bits per heavy atom. The molecule has 0 aliphatic rings. The highest BCUT2D eigenvalue weighted by molar-refractivity contribution is 5.91. The quantitative estimate of drug-likeness (QED) is 0.860. The van der Waals surface area contributed by atoms with E-state index >= 15 is 0 Å². The number of amides is 1. The van der Waals surface area contributed by atoms with Gasteiger partial charge in [0, 0.05) is 18.7 Å². The van der Waals surface area contributed by atoms with Crippen LogP contribution in [0.25, 0.3) is 0 Å². The summed E-state index contributed by atoms with van der Waals surface area (Å²) in [5, 5.41) is 2.95. The van der Waals surface area contributed by atoms with Gasteiger partial charge >= 0.3 is 0 Å². The van der Waals surface area contributed by atoms with E-state index in [4.69, 9.17) is 5.73 Å². The van der Waals surface area contributed by atoms with Crippen molar-refractivity contribution in [2.75, 3.05) is 5.32 Å². The van der Waals surface area contributed by atoms with E-state index in [1.165, 1.54) is 0 Å². The van der Waals surface area contributed by atoms with E-state index in [0.717, 1.165) is 11.3 Å². The molecule has 3 heteroatoms. The van der Waals surface area contributed by atoms with Crippen molar-refractivity contribution in [2.24, 2.45) is 17.1 Å². The molecule has 100 valence electrons. The molecule has 0 aliphatic heterocycles. The van der Waals surface area contributed by atoms with E-state index in [-0.39, 0.29) is 11.3 Å². The van der Waals surface area contributed by atoms with Crippen molar-refractivity contribution < 1.29 is 4.79 Å². The molecular formula is C15H24N2O. The minimum atomic E-state index is 0.0540. The first kappa shape index (κ1) is 14.7. The summed E-state index contributed by atoms with van der Waals surface area (Å²) >= 11 is 0. The molecule has 0 bridgehead atoms. The summed E-state index contributed by atoms with van der Waals surface area (Å²) in [5.41, 5.74) is 7.58. The smallest absolute Gasteiger partial charge is 0.224 e. The van der Waals surface area contributed by atoms with Crippen LogP contribution in [0.4, 0.5) is 5.69 Å². The molecule has 0 heterocycles. The number of rotatable bonds is 4. The molecule has 0 radical (unpaired) electrons. The number of hydrogen-bond donors (Lipinski definition) is 2. The van der Waals surface area contributed by atoms with Crippen LogP contribution >= 0.6 is 0 Å². The Kier molecular flexibility index (Phi) is 4.91. The second kappa shape index (κ2) is 6.01. The van der Waals surface area contributed by atoms with Crippen LogP contribution in [0.5, 0.6) is 0 Å². The third kappa shape index (κ3) is 4.15. The Morgan fingerprint density at radius 1 is 1.33 bits per heavy atom. The molecule has 0 spiro atoms. The predicted octanol–water partition coefficient (Wildman–Crippen LogP) is 3.16. The monoisotopic (exact) mass is 248 g/mol. The zero-order valence-corrected chi connectivity index (χ0v) is 11.8. The molecule has 18 heavy (non-hydrogen) atoms. The van der Waals surface area contributed by atoms with Gasteiger partial charge in [-0.1, -0.05) is 45.9 Å². The molecule has 0 saturated carbocycles. The van der Waals surface area contributed by atoms with Gasteiger partial charge in [-0.3, -0.25) is 4.79 Å². The summed E-state index contributed by atoms with van der Waals surface area (Å²) in [5.74, 6) is 0.390. The third-order valence-corrected chi connectivity index (χ3v) is 3.48. The molecule has 0 saturated heterocycles. The maximum absolute atomic E-state index is 12.0. The Balaban J connectivity index is 2.65. The molecule has 1 atom stereocenters. The summed E-state index contributed by atoms with van der Waals surface area (Å²) < 4.78 is 0. The standard InChI is InChI=1S/C15H24N2O/c1-11(15(2,3)4)9-14(18)17-13-8-6-5-7-12(13)10-16/h5-8,11H,9-10,16H2,1-4H3,(H,17,18). The third-order valence-electron chi connectivity index (χ3n) is 3.48. The summed E-state index contributed by atoms with van der Waals surface area (Å²) in [7, 11) is 0. The highest BCUT2D eigenvalue weighted by Gasteiger charge is 2.22.